The molecule has 0 spiro atoms. The van der Waals surface area contributed by atoms with E-state index in [4.69, 9.17) is 37.0 Å². The lowest BCUT2D eigenvalue weighted by molar-refractivity contribution is -0.161. The Kier molecular flexibility index (Phi) is 74.7. The third-order valence-corrected chi connectivity index (χ3v) is 22.0. The van der Waals surface area contributed by atoms with E-state index in [-0.39, 0.29) is 25.7 Å². The number of hydrogen-bond donors (Lipinski definition) is 3. The molecule has 0 aromatic rings. The Morgan fingerprint density at radius 2 is 0.438 bits per heavy atom. The molecule has 0 aliphatic carbocycles. The quantitative estimate of drug-likeness (QED) is 0.0222. The van der Waals surface area contributed by atoms with Crippen LogP contribution >= 0.6 is 15.6 Å². The lowest BCUT2D eigenvalue weighted by atomic mass is 10.0. The van der Waals surface area contributed by atoms with Gasteiger partial charge in [-0.1, -0.05) is 402 Å². The maximum Gasteiger partial charge on any atom is 0.472 e. The zero-order valence-electron chi connectivity index (χ0n) is 69.2. The number of unbranched alkanes of at least 4 members (excludes halogenated alkanes) is 52. The number of phosphoric acid groups is 2. The Morgan fingerprint density at radius 1 is 0.257 bits per heavy atom. The van der Waals surface area contributed by atoms with Crippen LogP contribution in [0.2, 0.25) is 0 Å². The highest BCUT2D eigenvalue weighted by atomic mass is 31.2. The summed E-state index contributed by atoms with van der Waals surface area (Å²) in [7, 11) is -9.93. The molecule has 17 nitrogen and oxygen atoms in total. The molecule has 5 atom stereocenters. The number of ether oxygens (including phenoxy) is 4. The molecular formula is C86H168O17P2. The lowest BCUT2D eigenvalue weighted by Crippen LogP contribution is -2.30. The zero-order valence-corrected chi connectivity index (χ0v) is 71.0. The van der Waals surface area contributed by atoms with Gasteiger partial charge in [0, 0.05) is 25.7 Å². The summed E-state index contributed by atoms with van der Waals surface area (Å²) in [4.78, 5) is 73.2. The molecule has 0 aromatic carbocycles. The number of aliphatic hydroxyl groups is 1. The van der Waals surface area contributed by atoms with Crippen LogP contribution in [-0.2, 0) is 65.4 Å². The number of phosphoric ester groups is 2. The second kappa shape index (κ2) is 76.1. The summed E-state index contributed by atoms with van der Waals surface area (Å²) in [6.07, 6.45) is 66.7. The van der Waals surface area contributed by atoms with E-state index in [1.807, 2.05) is 0 Å². The molecule has 19 heteroatoms. The molecule has 0 fully saturated rings. The Hall–Kier alpha value is -1.94. The monoisotopic (exact) mass is 1540 g/mol. The van der Waals surface area contributed by atoms with Crippen LogP contribution in [0.5, 0.6) is 0 Å². The van der Waals surface area contributed by atoms with Gasteiger partial charge < -0.3 is 33.8 Å². The summed E-state index contributed by atoms with van der Waals surface area (Å²) in [5, 5.41) is 10.7. The number of carbonyl (C=O) groups is 4. The second-order valence-electron chi connectivity index (χ2n) is 32.4. The maximum absolute atomic E-state index is 13.1. The molecule has 0 saturated heterocycles. The van der Waals surface area contributed by atoms with Gasteiger partial charge >= 0.3 is 39.5 Å². The number of rotatable bonds is 84. The van der Waals surface area contributed by atoms with Crippen molar-refractivity contribution in [2.24, 2.45) is 17.8 Å². The highest BCUT2D eigenvalue weighted by molar-refractivity contribution is 7.47. The van der Waals surface area contributed by atoms with Crippen molar-refractivity contribution >= 4 is 39.5 Å². The summed E-state index contributed by atoms with van der Waals surface area (Å²) in [5.74, 6) is 0.290. The number of esters is 4. The first kappa shape index (κ1) is 103. The van der Waals surface area contributed by atoms with Gasteiger partial charge in [-0.05, 0) is 43.4 Å². The van der Waals surface area contributed by atoms with Crippen molar-refractivity contribution in [3.8, 4) is 0 Å². The van der Waals surface area contributed by atoms with Crippen LogP contribution in [0, 0.1) is 17.8 Å². The first-order chi connectivity index (χ1) is 50.7. The van der Waals surface area contributed by atoms with Gasteiger partial charge in [-0.2, -0.15) is 0 Å². The van der Waals surface area contributed by atoms with E-state index in [0.29, 0.717) is 25.7 Å². The van der Waals surface area contributed by atoms with Crippen molar-refractivity contribution in [1.82, 2.24) is 0 Å². The van der Waals surface area contributed by atoms with Gasteiger partial charge in [0.2, 0.25) is 0 Å². The number of aliphatic hydroxyl groups excluding tert-OH is 1. The normalized spacial score (nSPS) is 13.9. The molecule has 105 heavy (non-hydrogen) atoms. The van der Waals surface area contributed by atoms with Crippen molar-refractivity contribution in [3.05, 3.63) is 0 Å². The Labute approximate surface area is 645 Å². The fourth-order valence-electron chi connectivity index (χ4n) is 13.4. The van der Waals surface area contributed by atoms with E-state index in [0.717, 1.165) is 108 Å². The molecule has 0 saturated carbocycles. The van der Waals surface area contributed by atoms with Crippen LogP contribution in [0.15, 0.2) is 0 Å². The zero-order chi connectivity index (χ0) is 77.2. The van der Waals surface area contributed by atoms with E-state index < -0.39 is 97.5 Å². The van der Waals surface area contributed by atoms with Crippen molar-refractivity contribution in [3.63, 3.8) is 0 Å². The average molecular weight is 1540 g/mol. The SMILES string of the molecule is CCCCCCCCCCCCC(=O)OC[C@H](COP(=O)(O)OC[C@H](O)COP(=O)(O)OC[C@@H](COC(=O)CCCCCCCCCCCCCCCCCCCCC(C)C)OC(=O)CCCCCCCCCCCCCCCCCCCCC(C)C)OC(=O)CCCCCCCCCCCCC(C)C. The smallest absolute Gasteiger partial charge is 0.462 e. The van der Waals surface area contributed by atoms with Gasteiger partial charge in [-0.3, -0.25) is 37.3 Å². The lowest BCUT2D eigenvalue weighted by Gasteiger charge is -2.21. The van der Waals surface area contributed by atoms with Gasteiger partial charge in [0.05, 0.1) is 26.4 Å². The molecular weight excluding hydrogens is 1370 g/mol. The maximum atomic E-state index is 13.1. The molecule has 0 radical (unpaired) electrons. The van der Waals surface area contributed by atoms with Gasteiger partial charge in [0.1, 0.15) is 19.3 Å². The molecule has 2 unspecified atom stereocenters. The van der Waals surface area contributed by atoms with Crippen LogP contribution in [0.1, 0.15) is 453 Å². The minimum absolute atomic E-state index is 0.106. The highest BCUT2D eigenvalue weighted by Gasteiger charge is 2.30. The summed E-state index contributed by atoms with van der Waals surface area (Å²) in [5.41, 5.74) is 0. The van der Waals surface area contributed by atoms with E-state index >= 15 is 0 Å². The number of carbonyl (C=O) groups excluding carboxylic acids is 4. The standard InChI is InChI=1S/C86H168O17P2/c1-8-9-10-11-12-13-39-46-53-60-67-83(88)96-73-81(103-86(91)70-63-56-49-42-35-34-38-45-52-59-66-79(6)7)75-100-104(92,93)98-71-80(87)72-99-105(94,95)101-76-82(102-85(90)69-62-55-48-41-33-29-25-21-17-15-19-23-27-31-37-44-51-58-65-78(4)5)74-97-84(89)68-61-54-47-40-32-28-24-20-16-14-18-22-26-30-36-43-50-57-64-77(2)3/h77-82,87H,8-76H2,1-7H3,(H,92,93)(H,94,95)/t80-,81+,82+/m0/s1. The Bertz CT molecular complexity index is 2030. The molecule has 0 rings (SSSR count). The fourth-order valence-corrected chi connectivity index (χ4v) is 14.9. The van der Waals surface area contributed by atoms with Crippen molar-refractivity contribution in [2.75, 3.05) is 39.6 Å². The molecule has 0 heterocycles. The van der Waals surface area contributed by atoms with Gasteiger partial charge in [-0.15, -0.1) is 0 Å². The van der Waals surface area contributed by atoms with Crippen LogP contribution in [0.3, 0.4) is 0 Å². The molecule has 3 N–H and O–H groups in total. The number of hydrogen-bond acceptors (Lipinski definition) is 15. The molecule has 0 aliphatic rings. The van der Waals surface area contributed by atoms with Crippen molar-refractivity contribution in [2.45, 2.75) is 471 Å². The van der Waals surface area contributed by atoms with E-state index in [1.54, 1.807) is 0 Å². The highest BCUT2D eigenvalue weighted by Crippen LogP contribution is 2.45. The summed E-state index contributed by atoms with van der Waals surface area (Å²) in [6.45, 7) is 12.0. The average Bonchev–Trinajstić information content (AvgIpc) is 0.909. The van der Waals surface area contributed by atoms with E-state index in [9.17, 15) is 43.2 Å². The van der Waals surface area contributed by atoms with Crippen molar-refractivity contribution < 1.29 is 80.2 Å². The van der Waals surface area contributed by atoms with Crippen LogP contribution < -0.4 is 0 Å². The second-order valence-corrected chi connectivity index (χ2v) is 35.3. The topological polar surface area (TPSA) is 237 Å². The van der Waals surface area contributed by atoms with Gasteiger partial charge in [0.15, 0.2) is 12.2 Å². The molecule has 0 aliphatic heterocycles. The molecule has 624 valence electrons. The minimum atomic E-state index is -4.97. The molecule has 0 aromatic heterocycles. The Balaban J connectivity index is 5.20. The summed E-state index contributed by atoms with van der Waals surface area (Å²) < 4.78 is 68.8. The predicted molar refractivity (Wildman–Crippen MR) is 432 cm³/mol. The predicted octanol–water partition coefficient (Wildman–Crippen LogP) is 26.1. The van der Waals surface area contributed by atoms with Crippen LogP contribution in [0.25, 0.3) is 0 Å². The van der Waals surface area contributed by atoms with Gasteiger partial charge in [0.25, 0.3) is 0 Å². The van der Waals surface area contributed by atoms with Crippen molar-refractivity contribution in [1.29, 1.82) is 0 Å². The van der Waals surface area contributed by atoms with Crippen LogP contribution in [0.4, 0.5) is 0 Å². The first-order valence-electron chi connectivity index (χ1n) is 44.3. The van der Waals surface area contributed by atoms with E-state index in [2.05, 4.69) is 48.5 Å². The van der Waals surface area contributed by atoms with E-state index in [1.165, 1.54) is 263 Å². The fraction of sp³-hybridized carbons (Fsp3) is 0.953. The first-order valence-corrected chi connectivity index (χ1v) is 47.3. The van der Waals surface area contributed by atoms with Gasteiger partial charge in [-0.25, -0.2) is 9.13 Å². The molecule has 0 bridgehead atoms. The molecule has 0 amide bonds. The summed E-state index contributed by atoms with van der Waals surface area (Å²) >= 11 is 0. The largest absolute Gasteiger partial charge is 0.472 e. The third kappa shape index (κ3) is 79.9. The third-order valence-electron chi connectivity index (χ3n) is 20.1. The summed E-state index contributed by atoms with van der Waals surface area (Å²) in [6, 6.07) is 0. The Morgan fingerprint density at radius 3 is 0.648 bits per heavy atom. The minimum Gasteiger partial charge on any atom is -0.462 e. The van der Waals surface area contributed by atoms with Crippen LogP contribution in [-0.4, -0.2) is 96.7 Å².